The maximum atomic E-state index is 12.0. The number of hydrogen-bond acceptors (Lipinski definition) is 2. The number of phenolic OH excluding ortho intramolecular Hbond substituents is 1. The molecule has 0 bridgehead atoms. The van der Waals surface area contributed by atoms with E-state index < -0.39 is 12.6 Å². The van der Waals surface area contributed by atoms with Gasteiger partial charge in [0.05, 0.1) is 17.5 Å². The van der Waals surface area contributed by atoms with Crippen molar-refractivity contribution in [2.24, 2.45) is 0 Å². The molecule has 6 heteroatoms. The average Bonchev–Trinajstić information content (AvgIpc) is 2.55. The van der Waals surface area contributed by atoms with Crippen molar-refractivity contribution in [3.05, 3.63) is 24.0 Å². The van der Waals surface area contributed by atoms with Crippen LogP contribution in [0.4, 0.5) is 13.2 Å². The minimum Gasteiger partial charge on any atom is -0.508 e. The molecule has 2 aromatic rings. The fourth-order valence-electron chi connectivity index (χ4n) is 1.43. The van der Waals surface area contributed by atoms with Gasteiger partial charge in [0.2, 0.25) is 0 Å². The fraction of sp³-hybridized carbons (Fsp3) is 0.300. The topological polar surface area (TPSA) is 48.9 Å². The monoisotopic (exact) mass is 230 g/mol. The Hall–Kier alpha value is -1.72. The quantitative estimate of drug-likeness (QED) is 0.833. The van der Waals surface area contributed by atoms with Crippen LogP contribution in [0.25, 0.3) is 11.0 Å². The lowest BCUT2D eigenvalue weighted by atomic mass is 10.3. The molecule has 86 valence electrons. The first-order chi connectivity index (χ1) is 7.44. The Morgan fingerprint density at radius 1 is 1.31 bits per heavy atom. The highest BCUT2D eigenvalue weighted by atomic mass is 19.4. The standard InChI is InChI=1S/C10H9F3N2O/c11-10(12,13)4-3-9-14-7-2-1-6(16)5-8(7)15-9/h1-2,5,16H,3-4H2,(H,14,15). The van der Waals surface area contributed by atoms with Crippen LogP contribution < -0.4 is 0 Å². The third-order valence-electron chi connectivity index (χ3n) is 2.16. The van der Waals surface area contributed by atoms with Crippen LogP contribution in [0.1, 0.15) is 12.2 Å². The number of H-pyrrole nitrogens is 1. The average molecular weight is 230 g/mol. The first kappa shape index (κ1) is 10.8. The number of aryl methyl sites for hydroxylation is 1. The molecule has 0 saturated heterocycles. The molecule has 1 aromatic heterocycles. The minimum absolute atomic E-state index is 0.0542. The lowest BCUT2D eigenvalue weighted by Crippen LogP contribution is -2.09. The molecule has 16 heavy (non-hydrogen) atoms. The molecule has 0 atom stereocenters. The van der Waals surface area contributed by atoms with E-state index in [0.717, 1.165) is 0 Å². The van der Waals surface area contributed by atoms with E-state index in [1.807, 2.05) is 0 Å². The molecule has 0 fully saturated rings. The number of rotatable bonds is 2. The van der Waals surface area contributed by atoms with Crippen LogP contribution in [0.5, 0.6) is 5.75 Å². The van der Waals surface area contributed by atoms with Crippen LogP contribution in [-0.2, 0) is 6.42 Å². The number of fused-ring (bicyclic) bond motifs is 1. The number of halogens is 3. The number of nitrogens with zero attached hydrogens (tertiary/aromatic N) is 1. The van der Waals surface area contributed by atoms with Crippen LogP contribution in [0.3, 0.4) is 0 Å². The SMILES string of the molecule is Oc1ccc2nc(CCC(F)(F)F)[nH]c2c1. The second kappa shape index (κ2) is 3.70. The van der Waals surface area contributed by atoms with E-state index in [4.69, 9.17) is 0 Å². The lowest BCUT2D eigenvalue weighted by molar-refractivity contribution is -0.134. The summed E-state index contributed by atoms with van der Waals surface area (Å²) in [5.74, 6) is 0.330. The number of benzene rings is 1. The molecule has 1 heterocycles. The van der Waals surface area contributed by atoms with Gasteiger partial charge < -0.3 is 10.1 Å². The molecule has 0 aliphatic carbocycles. The Bertz CT molecular complexity index is 504. The number of imidazole rings is 1. The number of aromatic hydroxyl groups is 1. The largest absolute Gasteiger partial charge is 0.508 e. The Morgan fingerprint density at radius 2 is 2.06 bits per heavy atom. The number of phenols is 1. The Labute approximate surface area is 88.9 Å². The first-order valence-corrected chi connectivity index (χ1v) is 4.68. The molecule has 0 aliphatic heterocycles. The summed E-state index contributed by atoms with van der Waals surface area (Å²) in [4.78, 5) is 6.73. The maximum absolute atomic E-state index is 12.0. The van der Waals surface area contributed by atoms with E-state index >= 15 is 0 Å². The van der Waals surface area contributed by atoms with Gasteiger partial charge in [0.15, 0.2) is 0 Å². The molecule has 2 rings (SSSR count). The predicted octanol–water partition coefficient (Wildman–Crippen LogP) is 2.76. The van der Waals surface area contributed by atoms with Crippen LogP contribution >= 0.6 is 0 Å². The van der Waals surface area contributed by atoms with Crippen molar-refractivity contribution in [3.8, 4) is 5.75 Å². The fourth-order valence-corrected chi connectivity index (χ4v) is 1.43. The third-order valence-corrected chi connectivity index (χ3v) is 2.16. The zero-order chi connectivity index (χ0) is 11.8. The minimum atomic E-state index is -4.18. The van der Waals surface area contributed by atoms with E-state index in [1.165, 1.54) is 12.1 Å². The normalized spacial score (nSPS) is 12.2. The second-order valence-electron chi connectivity index (χ2n) is 3.50. The summed E-state index contributed by atoms with van der Waals surface area (Å²) in [6.45, 7) is 0. The maximum Gasteiger partial charge on any atom is 0.389 e. The molecule has 0 amide bonds. The molecule has 0 spiro atoms. The smallest absolute Gasteiger partial charge is 0.389 e. The zero-order valence-electron chi connectivity index (χ0n) is 8.17. The molecular formula is C10H9F3N2O. The molecule has 0 unspecified atom stereocenters. The zero-order valence-corrected chi connectivity index (χ0v) is 8.17. The summed E-state index contributed by atoms with van der Waals surface area (Å²) in [7, 11) is 0. The van der Waals surface area contributed by atoms with Crippen molar-refractivity contribution < 1.29 is 18.3 Å². The molecule has 3 nitrogen and oxygen atoms in total. The van der Waals surface area contributed by atoms with Crippen molar-refractivity contribution in [2.75, 3.05) is 0 Å². The van der Waals surface area contributed by atoms with Gasteiger partial charge in [-0.25, -0.2) is 4.98 Å². The van der Waals surface area contributed by atoms with Gasteiger partial charge in [-0.3, -0.25) is 0 Å². The number of aromatic nitrogens is 2. The Kier molecular flexibility index (Phi) is 2.49. The van der Waals surface area contributed by atoms with Crippen molar-refractivity contribution >= 4 is 11.0 Å². The molecule has 2 N–H and O–H groups in total. The van der Waals surface area contributed by atoms with Crippen LogP contribution in [0.15, 0.2) is 18.2 Å². The van der Waals surface area contributed by atoms with E-state index in [-0.39, 0.29) is 18.0 Å². The van der Waals surface area contributed by atoms with Gasteiger partial charge in [0.1, 0.15) is 11.6 Å². The van der Waals surface area contributed by atoms with E-state index in [2.05, 4.69) is 9.97 Å². The molecular weight excluding hydrogens is 221 g/mol. The highest BCUT2D eigenvalue weighted by Gasteiger charge is 2.27. The number of hydrogen-bond donors (Lipinski definition) is 2. The summed E-state index contributed by atoms with van der Waals surface area (Å²) >= 11 is 0. The van der Waals surface area contributed by atoms with Gasteiger partial charge in [-0.15, -0.1) is 0 Å². The van der Waals surface area contributed by atoms with Crippen molar-refractivity contribution in [3.63, 3.8) is 0 Å². The Balaban J connectivity index is 2.20. The summed E-state index contributed by atoms with van der Waals surface area (Å²) < 4.78 is 35.9. The van der Waals surface area contributed by atoms with Gasteiger partial charge in [-0.2, -0.15) is 13.2 Å². The predicted molar refractivity (Wildman–Crippen MR) is 52.1 cm³/mol. The summed E-state index contributed by atoms with van der Waals surface area (Å²) in [5, 5.41) is 9.17. The molecule has 1 aromatic carbocycles. The first-order valence-electron chi connectivity index (χ1n) is 4.68. The van der Waals surface area contributed by atoms with Crippen molar-refractivity contribution in [1.82, 2.24) is 9.97 Å². The number of nitrogens with one attached hydrogen (secondary N) is 1. The van der Waals surface area contributed by atoms with Gasteiger partial charge in [0, 0.05) is 12.5 Å². The summed E-state index contributed by atoms with van der Waals surface area (Å²) in [6, 6.07) is 4.42. The van der Waals surface area contributed by atoms with Gasteiger partial charge >= 0.3 is 6.18 Å². The van der Waals surface area contributed by atoms with Crippen LogP contribution in [0, 0.1) is 0 Å². The Morgan fingerprint density at radius 3 is 2.75 bits per heavy atom. The van der Waals surface area contributed by atoms with Gasteiger partial charge in [-0.05, 0) is 12.1 Å². The van der Waals surface area contributed by atoms with E-state index in [9.17, 15) is 18.3 Å². The lowest BCUT2D eigenvalue weighted by Gasteiger charge is -2.02. The van der Waals surface area contributed by atoms with Crippen LogP contribution in [-0.4, -0.2) is 21.3 Å². The molecule has 0 radical (unpaired) electrons. The van der Waals surface area contributed by atoms with Crippen molar-refractivity contribution in [1.29, 1.82) is 0 Å². The highest BCUT2D eigenvalue weighted by molar-refractivity contribution is 5.76. The highest BCUT2D eigenvalue weighted by Crippen LogP contribution is 2.23. The summed E-state index contributed by atoms with van der Waals surface area (Å²) in [6.07, 6.45) is -5.27. The van der Waals surface area contributed by atoms with Crippen LogP contribution in [0.2, 0.25) is 0 Å². The van der Waals surface area contributed by atoms with Gasteiger partial charge in [0.25, 0.3) is 0 Å². The summed E-state index contributed by atoms with van der Waals surface area (Å²) in [5.41, 5.74) is 1.09. The number of alkyl halides is 3. The van der Waals surface area contributed by atoms with Gasteiger partial charge in [-0.1, -0.05) is 0 Å². The van der Waals surface area contributed by atoms with E-state index in [0.29, 0.717) is 11.0 Å². The molecule has 0 aliphatic rings. The number of aromatic amines is 1. The van der Waals surface area contributed by atoms with E-state index in [1.54, 1.807) is 6.07 Å². The van der Waals surface area contributed by atoms with Crippen molar-refractivity contribution in [2.45, 2.75) is 19.0 Å². The molecule has 0 saturated carbocycles. The third kappa shape index (κ3) is 2.44. The second-order valence-corrected chi connectivity index (χ2v) is 3.50.